The molecule has 7 heteroatoms. The average Bonchev–Trinajstić information content (AvgIpc) is 3.52. The zero-order valence-electron chi connectivity index (χ0n) is 28.5. The van der Waals surface area contributed by atoms with Gasteiger partial charge in [0.2, 0.25) is 0 Å². The van der Waals surface area contributed by atoms with Crippen molar-refractivity contribution in [2.45, 2.75) is 13.1 Å². The highest BCUT2D eigenvalue weighted by atomic mass is 32.2. The van der Waals surface area contributed by atoms with Crippen LogP contribution in [0.4, 0.5) is 11.4 Å². The first-order valence-corrected chi connectivity index (χ1v) is 17.4. The third-order valence-electron chi connectivity index (χ3n) is 8.90. The highest BCUT2D eigenvalue weighted by molar-refractivity contribution is 7.99. The van der Waals surface area contributed by atoms with Gasteiger partial charge in [-0.25, -0.2) is 18.3 Å². The van der Waals surface area contributed by atoms with Crippen LogP contribution >= 0.6 is 11.8 Å². The van der Waals surface area contributed by atoms with Crippen molar-refractivity contribution < 1.29 is 9.13 Å². The van der Waals surface area contributed by atoms with E-state index in [2.05, 4.69) is 192 Å². The minimum atomic E-state index is 0.946. The third-order valence-corrected chi connectivity index (χ3v) is 9.84. The number of thioether (sulfide) groups is 1. The third kappa shape index (κ3) is 7.00. The second-order valence-electron chi connectivity index (χ2n) is 12.4. The normalized spacial score (nSPS) is 11.9. The lowest BCUT2D eigenvalue weighted by Gasteiger charge is -2.11. The summed E-state index contributed by atoms with van der Waals surface area (Å²) in [6.07, 6.45) is 8.96. The van der Waals surface area contributed by atoms with Gasteiger partial charge in [-0.3, -0.25) is 0 Å². The molecule has 0 fully saturated rings. The maximum Gasteiger partial charge on any atom is 0.282 e. The van der Waals surface area contributed by atoms with Crippen molar-refractivity contribution in [3.63, 3.8) is 0 Å². The number of benzene rings is 4. The highest BCUT2D eigenvalue weighted by Gasteiger charge is 2.22. The number of fused-ring (bicyclic) bond motifs is 2. The molecule has 0 aliphatic carbocycles. The van der Waals surface area contributed by atoms with Crippen LogP contribution in [0.2, 0.25) is 0 Å². The molecule has 6 rings (SSSR count). The fraction of sp³-hybridized carbons (Fsp3) is 0.250. The van der Waals surface area contributed by atoms with Crippen molar-refractivity contribution in [2.75, 3.05) is 49.5 Å². The van der Waals surface area contributed by atoms with E-state index in [1.165, 1.54) is 56.2 Å². The van der Waals surface area contributed by atoms with E-state index >= 15 is 0 Å². The van der Waals surface area contributed by atoms with Gasteiger partial charge in [-0.2, -0.15) is 11.8 Å². The summed E-state index contributed by atoms with van der Waals surface area (Å²) in [4.78, 5) is 4.26. The largest absolute Gasteiger partial charge is 0.378 e. The molecule has 6 nitrogen and oxygen atoms in total. The fourth-order valence-electron chi connectivity index (χ4n) is 6.20. The fourth-order valence-corrected chi connectivity index (χ4v) is 7.03. The quantitative estimate of drug-likeness (QED) is 0.105. The Morgan fingerprint density at radius 2 is 0.915 bits per heavy atom. The maximum absolute atomic E-state index is 2.47. The maximum atomic E-state index is 2.47. The molecule has 240 valence electrons. The summed E-state index contributed by atoms with van der Waals surface area (Å²) < 4.78 is 9.55. The van der Waals surface area contributed by atoms with Gasteiger partial charge in [0.1, 0.15) is 13.1 Å². The van der Waals surface area contributed by atoms with E-state index in [4.69, 9.17) is 0 Å². The number of anilines is 2. The summed E-state index contributed by atoms with van der Waals surface area (Å²) in [7, 11) is 12.6. The molecule has 2 aromatic heterocycles. The molecule has 2 heterocycles. The van der Waals surface area contributed by atoms with Gasteiger partial charge in [0.05, 0.1) is 14.1 Å². The second-order valence-corrected chi connectivity index (χ2v) is 13.6. The predicted molar refractivity (Wildman–Crippen MR) is 203 cm³/mol. The Kier molecular flexibility index (Phi) is 9.83. The number of hydrogen-bond donors (Lipinski definition) is 0. The number of imidazole rings is 2. The first-order chi connectivity index (χ1) is 22.8. The van der Waals surface area contributed by atoms with Crippen LogP contribution in [0.5, 0.6) is 0 Å². The molecule has 0 amide bonds. The molecule has 0 radical (unpaired) electrons. The van der Waals surface area contributed by atoms with Gasteiger partial charge in [0.25, 0.3) is 11.6 Å². The molecule has 0 bridgehead atoms. The molecule has 0 aliphatic heterocycles. The van der Waals surface area contributed by atoms with Gasteiger partial charge in [-0.05, 0) is 71.8 Å². The summed E-state index contributed by atoms with van der Waals surface area (Å²) >= 11 is 2.02. The van der Waals surface area contributed by atoms with E-state index in [1.54, 1.807) is 0 Å². The molecule has 0 aliphatic rings. The molecule has 6 aromatic rings. The molecular weight excluding hydrogens is 597 g/mol. The summed E-state index contributed by atoms with van der Waals surface area (Å²) in [6.45, 7) is 1.89. The summed E-state index contributed by atoms with van der Waals surface area (Å²) in [5.74, 6) is 4.48. The molecule has 0 spiro atoms. The van der Waals surface area contributed by atoms with E-state index < -0.39 is 0 Å². The van der Waals surface area contributed by atoms with Gasteiger partial charge in [-0.1, -0.05) is 48.5 Å². The molecule has 0 N–H and O–H groups in total. The summed E-state index contributed by atoms with van der Waals surface area (Å²) in [6, 6.07) is 34.9. The molecule has 4 aromatic carbocycles. The number of para-hydroxylation sites is 4. The van der Waals surface area contributed by atoms with Crippen molar-refractivity contribution >= 4 is 69.5 Å². The molecule has 0 unspecified atom stereocenters. The minimum Gasteiger partial charge on any atom is -0.378 e. The molecule has 47 heavy (non-hydrogen) atoms. The summed E-state index contributed by atoms with van der Waals surface area (Å²) in [5.41, 5.74) is 9.85. The number of rotatable bonds is 12. The van der Waals surface area contributed by atoms with Crippen LogP contribution in [0.15, 0.2) is 97.1 Å². The number of aryl methyl sites for hydroxylation is 4. The zero-order valence-corrected chi connectivity index (χ0v) is 29.3. The van der Waals surface area contributed by atoms with E-state index in [9.17, 15) is 0 Å². The molecule has 0 atom stereocenters. The van der Waals surface area contributed by atoms with Crippen LogP contribution in [0.1, 0.15) is 22.8 Å². The molecule has 0 saturated carbocycles. The first-order valence-electron chi connectivity index (χ1n) is 16.2. The van der Waals surface area contributed by atoms with Crippen LogP contribution in [0.3, 0.4) is 0 Å². The highest BCUT2D eigenvalue weighted by Crippen LogP contribution is 2.21. The van der Waals surface area contributed by atoms with Crippen molar-refractivity contribution in [3.05, 3.63) is 120 Å². The van der Waals surface area contributed by atoms with Crippen molar-refractivity contribution in [1.29, 1.82) is 0 Å². The van der Waals surface area contributed by atoms with Crippen molar-refractivity contribution in [3.8, 4) is 0 Å². The summed E-state index contributed by atoms with van der Waals surface area (Å²) in [5, 5.41) is 0. The molecular formula is C40H46N6S+2. The lowest BCUT2D eigenvalue weighted by Crippen LogP contribution is -2.31. The standard InChI is InChI=1S/C40H46N6S/c1-41(2)33-21-15-31(16-22-33)19-25-39-43(5)35-11-7-9-13-37(35)45(39)27-29-47-30-28-46-38-14-10-8-12-36(38)44(6)40(46)26-20-32-17-23-34(24-18-32)42(3)4/h7-26H,27-30H2,1-6H3/q+2. The van der Waals surface area contributed by atoms with Gasteiger partial charge >= 0.3 is 0 Å². The van der Waals surface area contributed by atoms with Crippen LogP contribution < -0.4 is 18.9 Å². The van der Waals surface area contributed by atoms with Crippen LogP contribution in [-0.2, 0) is 27.2 Å². The van der Waals surface area contributed by atoms with Crippen LogP contribution in [-0.4, -0.2) is 48.8 Å². The van der Waals surface area contributed by atoms with Gasteiger partial charge in [0, 0.05) is 63.2 Å². The monoisotopic (exact) mass is 642 g/mol. The number of hydrogen-bond acceptors (Lipinski definition) is 3. The van der Waals surface area contributed by atoms with E-state index in [1.807, 2.05) is 11.8 Å². The Balaban J connectivity index is 1.17. The SMILES string of the molecule is CN(C)c1ccc(C=Cc2n(CCSCCn3c(C=Cc4ccc(N(C)C)cc4)[n+](C)c4ccccc43)c3ccccc3[n+]2C)cc1. The van der Waals surface area contributed by atoms with E-state index in [0.29, 0.717) is 0 Å². The van der Waals surface area contributed by atoms with Gasteiger partial charge < -0.3 is 9.80 Å². The Bertz CT molecular complexity index is 1880. The smallest absolute Gasteiger partial charge is 0.282 e. The Morgan fingerprint density at radius 3 is 1.30 bits per heavy atom. The zero-order chi connectivity index (χ0) is 32.9. The minimum absolute atomic E-state index is 0.946. The van der Waals surface area contributed by atoms with Gasteiger partial charge in [-0.15, -0.1) is 0 Å². The lowest BCUT2D eigenvalue weighted by atomic mass is 10.2. The number of aromatic nitrogens is 4. The lowest BCUT2D eigenvalue weighted by molar-refractivity contribution is -0.647. The topological polar surface area (TPSA) is 24.1 Å². The number of nitrogens with zero attached hydrogens (tertiary/aromatic N) is 6. The van der Waals surface area contributed by atoms with Gasteiger partial charge in [0.15, 0.2) is 22.1 Å². The average molecular weight is 643 g/mol. The van der Waals surface area contributed by atoms with Crippen molar-refractivity contribution in [2.24, 2.45) is 14.1 Å². The Labute approximate surface area is 283 Å². The van der Waals surface area contributed by atoms with Crippen molar-refractivity contribution in [1.82, 2.24) is 9.13 Å². The molecule has 0 saturated heterocycles. The Hall–Kier alpha value is -4.75. The Morgan fingerprint density at radius 1 is 0.532 bits per heavy atom. The second kappa shape index (κ2) is 14.3. The van der Waals surface area contributed by atoms with Crippen LogP contribution in [0.25, 0.3) is 46.4 Å². The van der Waals surface area contributed by atoms with E-state index in [0.717, 1.165) is 24.6 Å². The predicted octanol–water partition coefficient (Wildman–Crippen LogP) is 7.15. The van der Waals surface area contributed by atoms with Crippen LogP contribution in [0, 0.1) is 0 Å². The van der Waals surface area contributed by atoms with E-state index in [-0.39, 0.29) is 0 Å². The first kappa shape index (κ1) is 32.2.